The van der Waals surface area contributed by atoms with E-state index in [9.17, 15) is 4.79 Å². The van der Waals surface area contributed by atoms with E-state index in [-0.39, 0.29) is 12.0 Å². The first-order chi connectivity index (χ1) is 10.2. The Labute approximate surface area is 125 Å². The van der Waals surface area contributed by atoms with Crippen molar-refractivity contribution in [3.05, 3.63) is 36.2 Å². The van der Waals surface area contributed by atoms with Gasteiger partial charge in [0.1, 0.15) is 6.10 Å². The van der Waals surface area contributed by atoms with Gasteiger partial charge in [0, 0.05) is 38.6 Å². The van der Waals surface area contributed by atoms with Gasteiger partial charge in [-0.25, -0.2) is 0 Å². The third-order valence-electron chi connectivity index (χ3n) is 4.06. The first-order valence-corrected chi connectivity index (χ1v) is 7.42. The molecule has 0 aliphatic carbocycles. The number of hydrogen-bond acceptors (Lipinski definition) is 4. The molecular weight excluding hydrogens is 266 g/mol. The Hall–Kier alpha value is -1.72. The van der Waals surface area contributed by atoms with E-state index >= 15 is 0 Å². The summed E-state index contributed by atoms with van der Waals surface area (Å²) in [5.74, 6) is 0.112. The van der Waals surface area contributed by atoms with Crippen LogP contribution in [0.1, 0.15) is 12.0 Å². The van der Waals surface area contributed by atoms with Crippen molar-refractivity contribution in [2.24, 2.45) is 0 Å². The molecule has 3 heterocycles. The molecule has 0 spiro atoms. The standard InChI is InChI=1S/C16H21N3O2/c1-18-9-10-21-15(12-18)16(20)19-8-2-3-14(11-19)13-4-6-17-7-5-13/h3-7,15H,2,8-12H2,1H3. The molecule has 0 aromatic carbocycles. The molecule has 112 valence electrons. The summed E-state index contributed by atoms with van der Waals surface area (Å²) < 4.78 is 5.64. The van der Waals surface area contributed by atoms with Crippen molar-refractivity contribution < 1.29 is 9.53 Å². The van der Waals surface area contributed by atoms with Crippen LogP contribution in [0, 0.1) is 0 Å². The number of ether oxygens (including phenoxy) is 1. The first-order valence-electron chi connectivity index (χ1n) is 7.42. The van der Waals surface area contributed by atoms with Gasteiger partial charge in [-0.2, -0.15) is 0 Å². The summed E-state index contributed by atoms with van der Waals surface area (Å²) in [5, 5.41) is 0. The van der Waals surface area contributed by atoms with Crippen molar-refractivity contribution in [1.82, 2.24) is 14.8 Å². The quantitative estimate of drug-likeness (QED) is 0.815. The van der Waals surface area contributed by atoms with Crippen LogP contribution in [0.15, 0.2) is 30.6 Å². The fourth-order valence-electron chi connectivity index (χ4n) is 2.84. The molecule has 1 amide bonds. The number of hydrogen-bond donors (Lipinski definition) is 0. The van der Waals surface area contributed by atoms with Gasteiger partial charge in [-0.1, -0.05) is 6.08 Å². The summed E-state index contributed by atoms with van der Waals surface area (Å²) in [7, 11) is 2.03. The molecule has 1 unspecified atom stereocenters. The number of likely N-dealkylation sites (N-methyl/N-ethyl adjacent to an activating group) is 1. The smallest absolute Gasteiger partial charge is 0.253 e. The highest BCUT2D eigenvalue weighted by atomic mass is 16.5. The topological polar surface area (TPSA) is 45.7 Å². The number of carbonyl (C=O) groups excluding carboxylic acids is 1. The minimum Gasteiger partial charge on any atom is -0.366 e. The molecule has 0 saturated carbocycles. The zero-order valence-electron chi connectivity index (χ0n) is 12.4. The Morgan fingerprint density at radius 3 is 2.90 bits per heavy atom. The normalized spacial score (nSPS) is 23.8. The van der Waals surface area contributed by atoms with Crippen LogP contribution in [0.4, 0.5) is 0 Å². The van der Waals surface area contributed by atoms with Gasteiger partial charge in [0.25, 0.3) is 5.91 Å². The summed E-state index contributed by atoms with van der Waals surface area (Å²) in [4.78, 5) is 20.7. The molecule has 1 aromatic rings. The highest BCUT2D eigenvalue weighted by Crippen LogP contribution is 2.21. The van der Waals surface area contributed by atoms with Gasteiger partial charge in [0.15, 0.2) is 0 Å². The molecule has 0 radical (unpaired) electrons. The number of nitrogens with zero attached hydrogens (tertiary/aromatic N) is 3. The zero-order valence-corrected chi connectivity index (χ0v) is 12.4. The average Bonchev–Trinajstić information content (AvgIpc) is 2.55. The van der Waals surface area contributed by atoms with Gasteiger partial charge in [0.05, 0.1) is 6.61 Å². The van der Waals surface area contributed by atoms with Crippen molar-refractivity contribution in [2.75, 3.05) is 39.8 Å². The largest absolute Gasteiger partial charge is 0.366 e. The number of aromatic nitrogens is 1. The molecule has 3 rings (SSSR count). The minimum absolute atomic E-state index is 0.112. The summed E-state index contributed by atoms with van der Waals surface area (Å²) >= 11 is 0. The summed E-state index contributed by atoms with van der Waals surface area (Å²) in [6.45, 7) is 3.65. The van der Waals surface area contributed by atoms with E-state index in [1.807, 2.05) is 24.1 Å². The average molecular weight is 287 g/mol. The van der Waals surface area contributed by atoms with Gasteiger partial charge in [-0.3, -0.25) is 9.78 Å². The highest BCUT2D eigenvalue weighted by molar-refractivity contribution is 5.84. The van der Waals surface area contributed by atoms with Crippen LogP contribution < -0.4 is 0 Å². The lowest BCUT2D eigenvalue weighted by molar-refractivity contribution is -0.148. The van der Waals surface area contributed by atoms with Crippen LogP contribution in [-0.2, 0) is 9.53 Å². The van der Waals surface area contributed by atoms with Crippen molar-refractivity contribution in [2.45, 2.75) is 12.5 Å². The van der Waals surface area contributed by atoms with Crippen molar-refractivity contribution in [1.29, 1.82) is 0 Å². The second-order valence-corrected chi connectivity index (χ2v) is 5.64. The fourth-order valence-corrected chi connectivity index (χ4v) is 2.84. The molecular formula is C16H21N3O2. The number of pyridine rings is 1. The van der Waals surface area contributed by atoms with E-state index in [0.29, 0.717) is 19.7 Å². The number of amides is 1. The van der Waals surface area contributed by atoms with E-state index < -0.39 is 0 Å². The summed E-state index contributed by atoms with van der Waals surface area (Å²) in [6, 6.07) is 3.98. The van der Waals surface area contributed by atoms with E-state index in [0.717, 1.165) is 25.1 Å². The Balaban J connectivity index is 1.67. The van der Waals surface area contributed by atoms with Crippen LogP contribution in [0.2, 0.25) is 0 Å². The molecule has 21 heavy (non-hydrogen) atoms. The summed E-state index contributed by atoms with van der Waals surface area (Å²) in [5.41, 5.74) is 2.34. The van der Waals surface area contributed by atoms with Crippen LogP contribution in [0.5, 0.6) is 0 Å². The monoisotopic (exact) mass is 287 g/mol. The molecule has 1 saturated heterocycles. The molecule has 5 nitrogen and oxygen atoms in total. The van der Waals surface area contributed by atoms with Crippen LogP contribution in [0.3, 0.4) is 0 Å². The predicted molar refractivity (Wildman–Crippen MR) is 80.6 cm³/mol. The summed E-state index contributed by atoms with van der Waals surface area (Å²) in [6.07, 6.45) is 6.37. The van der Waals surface area contributed by atoms with E-state index in [2.05, 4.69) is 16.0 Å². The maximum Gasteiger partial charge on any atom is 0.253 e. The van der Waals surface area contributed by atoms with Crippen molar-refractivity contribution in [3.8, 4) is 0 Å². The van der Waals surface area contributed by atoms with Crippen LogP contribution in [-0.4, -0.2) is 66.6 Å². The van der Waals surface area contributed by atoms with Gasteiger partial charge in [0.2, 0.25) is 0 Å². The minimum atomic E-state index is -0.319. The Kier molecular flexibility index (Phi) is 4.31. The number of morpholine rings is 1. The van der Waals surface area contributed by atoms with Gasteiger partial charge < -0.3 is 14.5 Å². The van der Waals surface area contributed by atoms with Gasteiger partial charge in [-0.15, -0.1) is 0 Å². The third-order valence-corrected chi connectivity index (χ3v) is 4.06. The Morgan fingerprint density at radius 2 is 2.14 bits per heavy atom. The molecule has 0 N–H and O–H groups in total. The molecule has 2 aliphatic heterocycles. The Bertz CT molecular complexity index is 530. The van der Waals surface area contributed by atoms with Gasteiger partial charge >= 0.3 is 0 Å². The molecule has 1 fully saturated rings. The highest BCUT2D eigenvalue weighted by Gasteiger charge is 2.30. The fraction of sp³-hybridized carbons (Fsp3) is 0.500. The second-order valence-electron chi connectivity index (χ2n) is 5.64. The van der Waals surface area contributed by atoms with E-state index in [1.54, 1.807) is 12.4 Å². The van der Waals surface area contributed by atoms with Gasteiger partial charge in [-0.05, 0) is 36.7 Å². The van der Waals surface area contributed by atoms with E-state index in [4.69, 9.17) is 4.74 Å². The maximum absolute atomic E-state index is 12.6. The zero-order chi connectivity index (χ0) is 14.7. The molecule has 1 atom stereocenters. The Morgan fingerprint density at radius 1 is 1.33 bits per heavy atom. The SMILES string of the molecule is CN1CCOC(C(=O)N2CCC=C(c3ccncc3)C2)C1. The lowest BCUT2D eigenvalue weighted by Crippen LogP contribution is -2.50. The predicted octanol–water partition coefficient (Wildman–Crippen LogP) is 1.03. The van der Waals surface area contributed by atoms with Crippen molar-refractivity contribution in [3.63, 3.8) is 0 Å². The molecule has 2 aliphatic rings. The number of carbonyl (C=O) groups is 1. The lowest BCUT2D eigenvalue weighted by atomic mass is 10.0. The van der Waals surface area contributed by atoms with E-state index in [1.165, 1.54) is 5.57 Å². The van der Waals surface area contributed by atoms with Crippen LogP contribution >= 0.6 is 0 Å². The maximum atomic E-state index is 12.6. The lowest BCUT2D eigenvalue weighted by Gasteiger charge is -2.35. The number of rotatable bonds is 2. The molecule has 5 heteroatoms. The second kappa shape index (κ2) is 6.37. The molecule has 0 bridgehead atoms. The van der Waals surface area contributed by atoms with Crippen molar-refractivity contribution >= 4 is 11.5 Å². The molecule has 1 aromatic heterocycles. The first kappa shape index (κ1) is 14.2. The third kappa shape index (κ3) is 3.31. The van der Waals surface area contributed by atoms with Crippen LogP contribution in [0.25, 0.3) is 5.57 Å².